The van der Waals surface area contributed by atoms with E-state index in [9.17, 15) is 22.8 Å². The number of alkyl halides is 3. The Bertz CT molecular complexity index is 1300. The molecular formula is C37H55F3N2O12. The van der Waals surface area contributed by atoms with Crippen LogP contribution in [0, 0.1) is 0 Å². The van der Waals surface area contributed by atoms with E-state index in [0.29, 0.717) is 111 Å². The number of esters is 1. The number of alkyl carbamates (subject to hydrolysis) is 1. The van der Waals surface area contributed by atoms with Gasteiger partial charge >= 0.3 is 18.2 Å². The SMILES string of the molecule is CC(C)(C)OC(=O)NCCOCCOCCOCCOCCOCCOCCOCCOCCOC(=O)c1ccccc1Nc1cccc(C(F)(F)F)c1. The zero-order valence-electron chi connectivity index (χ0n) is 31.4. The molecule has 2 aromatic carbocycles. The van der Waals surface area contributed by atoms with Crippen LogP contribution in [-0.2, 0) is 53.5 Å². The van der Waals surface area contributed by atoms with E-state index in [2.05, 4.69) is 10.6 Å². The van der Waals surface area contributed by atoms with Crippen LogP contribution in [0.25, 0.3) is 0 Å². The molecule has 0 aromatic heterocycles. The summed E-state index contributed by atoms with van der Waals surface area (Å²) in [6, 6.07) is 11.1. The highest BCUT2D eigenvalue weighted by Crippen LogP contribution is 2.32. The van der Waals surface area contributed by atoms with Gasteiger partial charge in [-0.2, -0.15) is 13.2 Å². The predicted octanol–water partition coefficient (Wildman–Crippen LogP) is 5.26. The van der Waals surface area contributed by atoms with Crippen molar-refractivity contribution in [3.8, 4) is 0 Å². The molecule has 0 saturated carbocycles. The second-order valence-corrected chi connectivity index (χ2v) is 12.2. The molecule has 2 aromatic rings. The molecule has 0 heterocycles. The lowest BCUT2D eigenvalue weighted by molar-refractivity contribution is -0.137. The Morgan fingerprint density at radius 2 is 1.02 bits per heavy atom. The van der Waals surface area contributed by atoms with Crippen LogP contribution in [-0.4, -0.2) is 137 Å². The van der Waals surface area contributed by atoms with Gasteiger partial charge in [-0.15, -0.1) is 0 Å². The summed E-state index contributed by atoms with van der Waals surface area (Å²) in [6.45, 7) is 12.0. The van der Waals surface area contributed by atoms with Gasteiger partial charge in [-0.25, -0.2) is 9.59 Å². The van der Waals surface area contributed by atoms with Crippen molar-refractivity contribution in [2.24, 2.45) is 0 Å². The van der Waals surface area contributed by atoms with E-state index in [0.717, 1.165) is 12.1 Å². The fraction of sp³-hybridized carbons (Fsp3) is 0.622. The zero-order chi connectivity index (χ0) is 39.3. The van der Waals surface area contributed by atoms with Crippen molar-refractivity contribution in [3.05, 3.63) is 59.7 Å². The monoisotopic (exact) mass is 776 g/mol. The molecule has 0 aliphatic heterocycles. The summed E-state index contributed by atoms with van der Waals surface area (Å²) in [7, 11) is 0. The quantitative estimate of drug-likeness (QED) is 0.0785. The van der Waals surface area contributed by atoms with Crippen LogP contribution in [0.3, 0.4) is 0 Å². The van der Waals surface area contributed by atoms with Crippen LogP contribution >= 0.6 is 0 Å². The van der Waals surface area contributed by atoms with E-state index in [1.807, 2.05) is 0 Å². The number of para-hydroxylation sites is 1. The molecule has 0 unspecified atom stereocenters. The summed E-state index contributed by atoms with van der Waals surface area (Å²) < 4.78 is 93.0. The number of rotatable bonds is 30. The Morgan fingerprint density at radius 3 is 1.48 bits per heavy atom. The first kappa shape index (κ1) is 46.6. The molecule has 0 aliphatic carbocycles. The van der Waals surface area contributed by atoms with Crippen LogP contribution in [0.5, 0.6) is 0 Å². The lowest BCUT2D eigenvalue weighted by Crippen LogP contribution is -2.34. The third kappa shape index (κ3) is 24.0. The summed E-state index contributed by atoms with van der Waals surface area (Å²) in [4.78, 5) is 24.1. The third-order valence-corrected chi connectivity index (χ3v) is 6.60. The van der Waals surface area contributed by atoms with Crippen molar-refractivity contribution >= 4 is 23.4 Å². The van der Waals surface area contributed by atoms with Gasteiger partial charge in [0, 0.05) is 12.2 Å². The highest BCUT2D eigenvalue weighted by atomic mass is 19.4. The summed E-state index contributed by atoms with van der Waals surface area (Å²) in [5.41, 5.74) is -0.636. The minimum atomic E-state index is -4.48. The number of anilines is 2. The number of carbonyl (C=O) groups is 2. The van der Waals surface area contributed by atoms with E-state index in [4.69, 9.17) is 47.4 Å². The van der Waals surface area contributed by atoms with E-state index in [1.165, 1.54) is 18.2 Å². The Kier molecular flexibility index (Phi) is 24.1. The molecule has 0 atom stereocenters. The van der Waals surface area contributed by atoms with Crippen molar-refractivity contribution in [1.82, 2.24) is 5.32 Å². The fourth-order valence-corrected chi connectivity index (χ4v) is 4.15. The van der Waals surface area contributed by atoms with Crippen LogP contribution < -0.4 is 10.6 Å². The van der Waals surface area contributed by atoms with Crippen LogP contribution in [0.15, 0.2) is 48.5 Å². The average Bonchev–Trinajstić information content (AvgIpc) is 3.12. The first-order valence-corrected chi connectivity index (χ1v) is 17.7. The van der Waals surface area contributed by atoms with E-state index < -0.39 is 29.4 Å². The van der Waals surface area contributed by atoms with E-state index in [1.54, 1.807) is 39.0 Å². The number of halogens is 3. The van der Waals surface area contributed by atoms with Gasteiger partial charge in [0.1, 0.15) is 12.2 Å². The standard InChI is InChI=1S/C37H55F3N2O12/c1-36(2,3)54-35(44)41-11-12-45-13-14-46-15-16-47-17-18-48-19-20-49-21-22-50-23-24-51-25-26-52-27-28-53-34(43)32-9-4-5-10-33(32)42-31-8-6-7-30(29-31)37(38,39)40/h4-10,29,42H,11-28H2,1-3H3,(H,41,44). The van der Waals surface area contributed by atoms with Gasteiger partial charge in [0.2, 0.25) is 0 Å². The number of hydrogen-bond donors (Lipinski definition) is 2. The largest absolute Gasteiger partial charge is 0.460 e. The van der Waals surface area contributed by atoms with Crippen LogP contribution in [0.1, 0.15) is 36.7 Å². The predicted molar refractivity (Wildman–Crippen MR) is 192 cm³/mol. The number of hydrogen-bond acceptors (Lipinski definition) is 13. The second-order valence-electron chi connectivity index (χ2n) is 12.2. The third-order valence-electron chi connectivity index (χ3n) is 6.60. The molecule has 0 fully saturated rings. The highest BCUT2D eigenvalue weighted by molar-refractivity contribution is 5.96. The number of carbonyl (C=O) groups excluding carboxylic acids is 2. The molecule has 2 rings (SSSR count). The van der Waals surface area contributed by atoms with Crippen molar-refractivity contribution in [1.29, 1.82) is 0 Å². The van der Waals surface area contributed by atoms with Crippen molar-refractivity contribution in [2.45, 2.75) is 32.5 Å². The minimum Gasteiger partial charge on any atom is -0.460 e. The lowest BCUT2D eigenvalue weighted by Gasteiger charge is -2.19. The molecule has 54 heavy (non-hydrogen) atoms. The van der Waals surface area contributed by atoms with Gasteiger partial charge in [0.15, 0.2) is 0 Å². The van der Waals surface area contributed by atoms with E-state index >= 15 is 0 Å². The summed E-state index contributed by atoms with van der Waals surface area (Å²) in [5.74, 6) is -0.633. The maximum atomic E-state index is 13.0. The second kappa shape index (κ2) is 27.9. The van der Waals surface area contributed by atoms with Gasteiger partial charge in [-0.1, -0.05) is 18.2 Å². The molecule has 0 radical (unpaired) electrons. The first-order chi connectivity index (χ1) is 26.0. The molecule has 0 aliphatic rings. The van der Waals surface area contributed by atoms with E-state index in [-0.39, 0.29) is 24.5 Å². The number of benzene rings is 2. The molecule has 14 nitrogen and oxygen atoms in total. The van der Waals surface area contributed by atoms with Crippen molar-refractivity contribution in [3.63, 3.8) is 0 Å². The molecular weight excluding hydrogens is 721 g/mol. The van der Waals surface area contributed by atoms with Crippen LogP contribution in [0.2, 0.25) is 0 Å². The number of amides is 1. The maximum Gasteiger partial charge on any atom is 0.416 e. The number of ether oxygens (including phenoxy) is 10. The van der Waals surface area contributed by atoms with Crippen molar-refractivity contribution in [2.75, 3.05) is 124 Å². The maximum absolute atomic E-state index is 13.0. The molecule has 17 heteroatoms. The Hall–Kier alpha value is -3.55. The zero-order valence-corrected chi connectivity index (χ0v) is 31.4. The molecule has 1 amide bonds. The van der Waals surface area contributed by atoms with Gasteiger partial charge in [-0.3, -0.25) is 0 Å². The summed E-state index contributed by atoms with van der Waals surface area (Å²) in [6.07, 6.45) is -4.95. The Morgan fingerprint density at radius 1 is 0.574 bits per heavy atom. The van der Waals surface area contributed by atoms with Crippen LogP contribution in [0.4, 0.5) is 29.3 Å². The summed E-state index contributed by atoms with van der Waals surface area (Å²) in [5, 5.41) is 5.47. The molecule has 0 spiro atoms. The Labute approximate surface area is 315 Å². The highest BCUT2D eigenvalue weighted by Gasteiger charge is 2.30. The normalized spacial score (nSPS) is 11.7. The van der Waals surface area contributed by atoms with Crippen molar-refractivity contribution < 1.29 is 70.1 Å². The van der Waals surface area contributed by atoms with Gasteiger partial charge in [-0.05, 0) is 51.1 Å². The fourth-order valence-electron chi connectivity index (χ4n) is 4.15. The lowest BCUT2D eigenvalue weighted by atomic mass is 10.1. The summed E-state index contributed by atoms with van der Waals surface area (Å²) >= 11 is 0. The van der Waals surface area contributed by atoms with Gasteiger partial charge in [0.25, 0.3) is 0 Å². The average molecular weight is 777 g/mol. The van der Waals surface area contributed by atoms with Gasteiger partial charge in [0.05, 0.1) is 123 Å². The molecule has 0 bridgehead atoms. The molecule has 2 N–H and O–H groups in total. The topological polar surface area (TPSA) is 151 Å². The Balaban J connectivity index is 1.31. The molecule has 0 saturated heterocycles. The first-order valence-electron chi connectivity index (χ1n) is 17.7. The minimum absolute atomic E-state index is 0.00724. The number of nitrogens with one attached hydrogen (secondary N) is 2. The molecule has 306 valence electrons. The smallest absolute Gasteiger partial charge is 0.416 e. The van der Waals surface area contributed by atoms with Gasteiger partial charge < -0.3 is 58.0 Å².